The fourth-order valence-corrected chi connectivity index (χ4v) is 3.18. The van der Waals surface area contributed by atoms with Gasteiger partial charge >= 0.3 is 0 Å². The van der Waals surface area contributed by atoms with Crippen LogP contribution in [-0.2, 0) is 0 Å². The summed E-state index contributed by atoms with van der Waals surface area (Å²) >= 11 is 0. The topological polar surface area (TPSA) is 29.3 Å². The van der Waals surface area contributed by atoms with E-state index in [1.165, 1.54) is 36.1 Å². The molecule has 0 radical (unpaired) electrons. The Labute approximate surface area is 111 Å². The molecule has 18 heavy (non-hydrogen) atoms. The van der Waals surface area contributed by atoms with Crippen LogP contribution in [0.3, 0.4) is 0 Å². The van der Waals surface area contributed by atoms with Gasteiger partial charge in [0.05, 0.1) is 0 Å². The molecule has 0 amide bonds. The second kappa shape index (κ2) is 5.85. The summed E-state index contributed by atoms with van der Waals surface area (Å²) in [6, 6.07) is 7.43. The Balaban J connectivity index is 2.32. The summed E-state index contributed by atoms with van der Waals surface area (Å²) < 4.78 is 0. The first-order valence-electron chi connectivity index (χ1n) is 7.18. The second-order valence-electron chi connectivity index (χ2n) is 5.56. The van der Waals surface area contributed by atoms with E-state index in [2.05, 4.69) is 43.9 Å². The minimum absolute atomic E-state index is 0.521. The number of hydrogen-bond acceptors (Lipinski definition) is 2. The molecule has 2 heteroatoms. The van der Waals surface area contributed by atoms with E-state index in [9.17, 15) is 0 Å². The van der Waals surface area contributed by atoms with Gasteiger partial charge in [-0.2, -0.15) is 0 Å². The fourth-order valence-electron chi connectivity index (χ4n) is 3.18. The number of nitrogens with zero attached hydrogens (tertiary/aromatic N) is 1. The highest BCUT2D eigenvalue weighted by Gasteiger charge is 2.30. The van der Waals surface area contributed by atoms with Crippen LogP contribution in [0.1, 0.15) is 42.5 Å². The number of hydrogen-bond donors (Lipinski definition) is 1. The number of rotatable bonds is 3. The van der Waals surface area contributed by atoms with Crippen LogP contribution >= 0.6 is 0 Å². The van der Waals surface area contributed by atoms with Crippen molar-refractivity contribution in [2.24, 2.45) is 11.7 Å². The van der Waals surface area contributed by atoms with Crippen molar-refractivity contribution in [2.75, 3.05) is 19.6 Å². The predicted octanol–water partition coefficient (Wildman–Crippen LogP) is 3.04. The van der Waals surface area contributed by atoms with Gasteiger partial charge in [-0.25, -0.2) is 0 Å². The van der Waals surface area contributed by atoms with Gasteiger partial charge in [0.15, 0.2) is 0 Å². The van der Waals surface area contributed by atoms with Crippen molar-refractivity contribution in [2.45, 2.75) is 39.7 Å². The molecule has 2 nitrogen and oxygen atoms in total. The predicted molar refractivity (Wildman–Crippen MR) is 77.7 cm³/mol. The molecule has 1 saturated heterocycles. The molecule has 2 unspecified atom stereocenters. The lowest BCUT2D eigenvalue weighted by Crippen LogP contribution is -2.41. The molecule has 2 rings (SSSR count). The lowest BCUT2D eigenvalue weighted by atomic mass is 9.84. The van der Waals surface area contributed by atoms with Crippen molar-refractivity contribution in [1.82, 2.24) is 4.90 Å². The summed E-state index contributed by atoms with van der Waals surface area (Å²) in [6.07, 6.45) is 2.56. The van der Waals surface area contributed by atoms with E-state index in [1.54, 1.807) is 0 Å². The van der Waals surface area contributed by atoms with Crippen molar-refractivity contribution in [3.63, 3.8) is 0 Å². The Morgan fingerprint density at radius 2 is 2.06 bits per heavy atom. The van der Waals surface area contributed by atoms with E-state index in [4.69, 9.17) is 5.73 Å². The van der Waals surface area contributed by atoms with E-state index in [0.717, 1.165) is 13.1 Å². The number of benzene rings is 1. The molecule has 1 aromatic rings. The summed E-state index contributed by atoms with van der Waals surface area (Å²) in [7, 11) is 0. The van der Waals surface area contributed by atoms with Gasteiger partial charge < -0.3 is 5.73 Å². The maximum Gasteiger partial charge on any atom is 0.0388 e. The second-order valence-corrected chi connectivity index (χ2v) is 5.56. The van der Waals surface area contributed by atoms with Gasteiger partial charge in [0.1, 0.15) is 0 Å². The van der Waals surface area contributed by atoms with Crippen LogP contribution in [0.2, 0.25) is 0 Å². The molecule has 1 fully saturated rings. The van der Waals surface area contributed by atoms with Gasteiger partial charge in [0.2, 0.25) is 0 Å². The Morgan fingerprint density at radius 3 is 2.67 bits per heavy atom. The van der Waals surface area contributed by atoms with Gasteiger partial charge in [-0.05, 0) is 68.9 Å². The van der Waals surface area contributed by atoms with E-state index in [0.29, 0.717) is 12.0 Å². The molecule has 0 saturated carbocycles. The molecule has 1 aromatic carbocycles. The molecule has 2 N–H and O–H groups in total. The van der Waals surface area contributed by atoms with Crippen molar-refractivity contribution in [3.8, 4) is 0 Å². The lowest BCUT2D eigenvalue weighted by molar-refractivity contribution is 0.102. The highest BCUT2D eigenvalue weighted by molar-refractivity contribution is 5.32. The third kappa shape index (κ3) is 2.60. The largest absolute Gasteiger partial charge is 0.330 e. The Kier molecular flexibility index (Phi) is 4.41. The molecule has 1 aliphatic rings. The zero-order chi connectivity index (χ0) is 13.1. The van der Waals surface area contributed by atoms with Crippen LogP contribution in [0.25, 0.3) is 0 Å². The standard InChI is InChI=1S/C16H26N2/c1-4-18-9-5-6-15(11-17)16(18)14-8-7-12(2)13(3)10-14/h7-8,10,15-16H,4-6,9,11,17H2,1-3H3. The maximum atomic E-state index is 5.99. The average Bonchev–Trinajstić information content (AvgIpc) is 2.41. The Morgan fingerprint density at radius 1 is 1.28 bits per heavy atom. The maximum absolute atomic E-state index is 5.99. The van der Waals surface area contributed by atoms with E-state index in [-0.39, 0.29) is 0 Å². The number of piperidine rings is 1. The van der Waals surface area contributed by atoms with Gasteiger partial charge in [-0.1, -0.05) is 25.1 Å². The van der Waals surface area contributed by atoms with Crippen LogP contribution in [0, 0.1) is 19.8 Å². The van der Waals surface area contributed by atoms with Gasteiger partial charge in [-0.3, -0.25) is 4.90 Å². The van der Waals surface area contributed by atoms with Crippen LogP contribution < -0.4 is 5.73 Å². The summed E-state index contributed by atoms with van der Waals surface area (Å²) in [5, 5.41) is 0. The summed E-state index contributed by atoms with van der Waals surface area (Å²) in [5.74, 6) is 0.612. The molecule has 2 atom stereocenters. The van der Waals surface area contributed by atoms with Crippen molar-refractivity contribution in [1.29, 1.82) is 0 Å². The van der Waals surface area contributed by atoms with Crippen LogP contribution in [0.15, 0.2) is 18.2 Å². The minimum Gasteiger partial charge on any atom is -0.330 e. The van der Waals surface area contributed by atoms with Gasteiger partial charge in [0.25, 0.3) is 0 Å². The first kappa shape index (κ1) is 13.6. The number of aryl methyl sites for hydroxylation is 2. The average molecular weight is 246 g/mol. The van der Waals surface area contributed by atoms with E-state index in [1.807, 2.05) is 0 Å². The molecule has 0 aromatic heterocycles. The van der Waals surface area contributed by atoms with E-state index < -0.39 is 0 Å². The molecule has 1 aliphatic heterocycles. The molecule has 100 valence electrons. The molecule has 0 bridgehead atoms. The first-order valence-corrected chi connectivity index (χ1v) is 7.18. The molecular formula is C16H26N2. The van der Waals surface area contributed by atoms with Crippen LogP contribution in [-0.4, -0.2) is 24.5 Å². The summed E-state index contributed by atoms with van der Waals surface area (Å²) in [5.41, 5.74) is 10.2. The van der Waals surface area contributed by atoms with Gasteiger partial charge in [0, 0.05) is 6.04 Å². The molecule has 0 spiro atoms. The third-order valence-electron chi connectivity index (χ3n) is 4.44. The van der Waals surface area contributed by atoms with Crippen molar-refractivity contribution < 1.29 is 0 Å². The summed E-state index contributed by atoms with van der Waals surface area (Å²) in [4.78, 5) is 2.59. The normalized spacial score (nSPS) is 25.3. The Bertz CT molecular complexity index is 388. The van der Waals surface area contributed by atoms with Crippen molar-refractivity contribution in [3.05, 3.63) is 34.9 Å². The summed E-state index contributed by atoms with van der Waals surface area (Å²) in [6.45, 7) is 9.77. The zero-order valence-electron chi connectivity index (χ0n) is 11.9. The molecule has 0 aliphatic carbocycles. The lowest BCUT2D eigenvalue weighted by Gasteiger charge is -2.41. The fraction of sp³-hybridized carbons (Fsp3) is 0.625. The van der Waals surface area contributed by atoms with Crippen LogP contribution in [0.5, 0.6) is 0 Å². The molecule has 1 heterocycles. The minimum atomic E-state index is 0.521. The SMILES string of the molecule is CCN1CCCC(CN)C1c1ccc(C)c(C)c1. The zero-order valence-corrected chi connectivity index (χ0v) is 11.9. The highest BCUT2D eigenvalue weighted by atomic mass is 15.2. The van der Waals surface area contributed by atoms with Crippen molar-refractivity contribution >= 4 is 0 Å². The first-order chi connectivity index (χ1) is 8.67. The quantitative estimate of drug-likeness (QED) is 0.888. The van der Waals surface area contributed by atoms with Gasteiger partial charge in [-0.15, -0.1) is 0 Å². The van der Waals surface area contributed by atoms with E-state index >= 15 is 0 Å². The third-order valence-corrected chi connectivity index (χ3v) is 4.44. The molecular weight excluding hydrogens is 220 g/mol. The Hall–Kier alpha value is -0.860. The monoisotopic (exact) mass is 246 g/mol. The number of nitrogens with two attached hydrogens (primary N) is 1. The highest BCUT2D eigenvalue weighted by Crippen LogP contribution is 2.35. The number of likely N-dealkylation sites (tertiary alicyclic amines) is 1. The smallest absolute Gasteiger partial charge is 0.0388 e. The van der Waals surface area contributed by atoms with Crippen LogP contribution in [0.4, 0.5) is 0 Å².